The van der Waals surface area contributed by atoms with Gasteiger partial charge in [0, 0.05) is 19.3 Å². The summed E-state index contributed by atoms with van der Waals surface area (Å²) in [7, 11) is 0. The molecule has 2 aromatic heterocycles. The lowest BCUT2D eigenvalue weighted by atomic mass is 10.0. The normalized spacial score (nSPS) is 25.3. The van der Waals surface area contributed by atoms with Gasteiger partial charge in [-0.3, -0.25) is 14.6 Å². The van der Waals surface area contributed by atoms with Crippen molar-refractivity contribution in [2.75, 3.05) is 44.4 Å². The topological polar surface area (TPSA) is 68.0 Å². The Balaban J connectivity index is 1.53. The first-order chi connectivity index (χ1) is 12.2. The van der Waals surface area contributed by atoms with Gasteiger partial charge in [-0.1, -0.05) is 6.07 Å². The van der Waals surface area contributed by atoms with Gasteiger partial charge in [0.15, 0.2) is 0 Å². The molecule has 2 aliphatic rings. The van der Waals surface area contributed by atoms with Crippen molar-refractivity contribution in [3.05, 3.63) is 48.6 Å². The SMILES string of the molecule is O=C1CO[C@]2(COCCN(Cc3ccco3)C2)CN1c1ccccn1. The summed E-state index contributed by atoms with van der Waals surface area (Å²) < 4.78 is 17.2. The second kappa shape index (κ2) is 6.95. The molecule has 1 spiro atoms. The number of anilines is 1. The maximum absolute atomic E-state index is 12.3. The van der Waals surface area contributed by atoms with Crippen molar-refractivity contribution in [1.82, 2.24) is 9.88 Å². The summed E-state index contributed by atoms with van der Waals surface area (Å²) in [6.07, 6.45) is 3.37. The third-order valence-electron chi connectivity index (χ3n) is 4.56. The van der Waals surface area contributed by atoms with Gasteiger partial charge in [-0.05, 0) is 24.3 Å². The summed E-state index contributed by atoms with van der Waals surface area (Å²) in [5.41, 5.74) is -0.561. The van der Waals surface area contributed by atoms with E-state index in [9.17, 15) is 4.79 Å². The Morgan fingerprint density at radius 1 is 1.20 bits per heavy atom. The average molecular weight is 343 g/mol. The Labute approximate surface area is 146 Å². The molecule has 0 unspecified atom stereocenters. The number of hydrogen-bond acceptors (Lipinski definition) is 6. The molecule has 2 saturated heterocycles. The van der Waals surface area contributed by atoms with Gasteiger partial charge in [0.2, 0.25) is 0 Å². The number of ether oxygens (including phenoxy) is 2. The van der Waals surface area contributed by atoms with Crippen LogP contribution < -0.4 is 4.90 Å². The molecule has 4 heterocycles. The fraction of sp³-hybridized carbons (Fsp3) is 0.444. The zero-order valence-corrected chi connectivity index (χ0v) is 14.0. The second-order valence-corrected chi connectivity index (χ2v) is 6.48. The van der Waals surface area contributed by atoms with Crippen LogP contribution in [0.4, 0.5) is 5.82 Å². The number of furan rings is 1. The molecule has 7 nitrogen and oxygen atoms in total. The molecular weight excluding hydrogens is 322 g/mol. The van der Waals surface area contributed by atoms with Gasteiger partial charge >= 0.3 is 0 Å². The number of rotatable bonds is 3. The number of morpholine rings is 1. The summed E-state index contributed by atoms with van der Waals surface area (Å²) >= 11 is 0. The summed E-state index contributed by atoms with van der Waals surface area (Å²) in [5, 5.41) is 0. The van der Waals surface area contributed by atoms with Crippen LogP contribution in [0.5, 0.6) is 0 Å². The molecule has 0 saturated carbocycles. The number of carbonyl (C=O) groups is 1. The molecule has 1 atom stereocenters. The lowest BCUT2D eigenvalue weighted by Crippen LogP contribution is -2.60. The molecule has 2 aromatic rings. The largest absolute Gasteiger partial charge is 0.468 e. The molecule has 7 heteroatoms. The highest BCUT2D eigenvalue weighted by atomic mass is 16.6. The van der Waals surface area contributed by atoms with Crippen molar-refractivity contribution in [1.29, 1.82) is 0 Å². The van der Waals surface area contributed by atoms with Crippen molar-refractivity contribution in [2.45, 2.75) is 12.1 Å². The van der Waals surface area contributed by atoms with E-state index in [0.29, 0.717) is 38.7 Å². The number of aromatic nitrogens is 1. The van der Waals surface area contributed by atoms with Gasteiger partial charge in [-0.25, -0.2) is 4.98 Å². The fourth-order valence-corrected chi connectivity index (χ4v) is 3.36. The molecule has 25 heavy (non-hydrogen) atoms. The highest BCUT2D eigenvalue weighted by Crippen LogP contribution is 2.26. The molecule has 0 N–H and O–H groups in total. The summed E-state index contributed by atoms with van der Waals surface area (Å²) in [6.45, 7) is 3.71. The zero-order chi connectivity index (χ0) is 17.1. The highest BCUT2D eigenvalue weighted by Gasteiger charge is 2.43. The standard InChI is InChI=1S/C18H21N3O4/c22-17-11-25-18(13-21(17)16-5-1-2-6-19-16)12-20(7-9-23-14-18)10-15-4-3-8-24-15/h1-6,8H,7,9-14H2/t18-/m0/s1. The number of nitrogens with zero attached hydrogens (tertiary/aromatic N) is 3. The molecule has 0 radical (unpaired) electrons. The fourth-order valence-electron chi connectivity index (χ4n) is 3.36. The van der Waals surface area contributed by atoms with E-state index in [0.717, 1.165) is 12.3 Å². The van der Waals surface area contributed by atoms with Gasteiger partial charge in [-0.15, -0.1) is 0 Å². The van der Waals surface area contributed by atoms with Crippen LogP contribution in [0.2, 0.25) is 0 Å². The summed E-state index contributed by atoms with van der Waals surface area (Å²) in [4.78, 5) is 20.6. The van der Waals surface area contributed by atoms with E-state index in [1.54, 1.807) is 17.4 Å². The number of pyridine rings is 1. The minimum Gasteiger partial charge on any atom is -0.468 e. The van der Waals surface area contributed by atoms with Gasteiger partial charge in [0.05, 0.1) is 32.6 Å². The maximum atomic E-state index is 12.3. The van der Waals surface area contributed by atoms with Crippen LogP contribution in [0.3, 0.4) is 0 Å². The van der Waals surface area contributed by atoms with Crippen LogP contribution in [0.25, 0.3) is 0 Å². The number of carbonyl (C=O) groups excluding carboxylic acids is 1. The molecule has 4 rings (SSSR count). The van der Waals surface area contributed by atoms with Gasteiger partial charge < -0.3 is 13.9 Å². The second-order valence-electron chi connectivity index (χ2n) is 6.48. The Hall–Kier alpha value is -2.22. The molecular formula is C18H21N3O4. The summed E-state index contributed by atoms with van der Waals surface area (Å²) in [6, 6.07) is 9.41. The quantitative estimate of drug-likeness (QED) is 0.837. The van der Waals surface area contributed by atoms with E-state index in [2.05, 4.69) is 9.88 Å². The van der Waals surface area contributed by atoms with Crippen molar-refractivity contribution in [3.63, 3.8) is 0 Å². The van der Waals surface area contributed by atoms with E-state index >= 15 is 0 Å². The molecule has 2 aliphatic heterocycles. The Bertz CT molecular complexity index is 706. The highest BCUT2D eigenvalue weighted by molar-refractivity contribution is 5.94. The van der Waals surface area contributed by atoms with Crippen molar-refractivity contribution >= 4 is 11.7 Å². The molecule has 1 amide bonds. The lowest BCUT2D eigenvalue weighted by Gasteiger charge is -2.42. The van der Waals surface area contributed by atoms with Gasteiger partial charge in [-0.2, -0.15) is 0 Å². The van der Waals surface area contributed by atoms with Crippen LogP contribution in [0.1, 0.15) is 5.76 Å². The third kappa shape index (κ3) is 3.58. The first-order valence-electron chi connectivity index (χ1n) is 8.42. The predicted octanol–water partition coefficient (Wildman–Crippen LogP) is 1.31. The molecule has 0 aliphatic carbocycles. The summed E-state index contributed by atoms with van der Waals surface area (Å²) in [5.74, 6) is 1.48. The first kappa shape index (κ1) is 16.3. The minimum absolute atomic E-state index is 0.0362. The monoisotopic (exact) mass is 343 g/mol. The van der Waals surface area contributed by atoms with Crippen molar-refractivity contribution in [3.8, 4) is 0 Å². The Morgan fingerprint density at radius 2 is 2.16 bits per heavy atom. The number of hydrogen-bond donors (Lipinski definition) is 0. The average Bonchev–Trinajstić information content (AvgIpc) is 3.07. The van der Waals surface area contributed by atoms with Crippen LogP contribution in [-0.2, 0) is 20.8 Å². The number of amides is 1. The minimum atomic E-state index is -0.561. The van der Waals surface area contributed by atoms with E-state index in [1.807, 2.05) is 30.3 Å². The Morgan fingerprint density at radius 3 is 2.96 bits per heavy atom. The van der Waals surface area contributed by atoms with E-state index in [1.165, 1.54) is 0 Å². The smallest absolute Gasteiger partial charge is 0.254 e. The van der Waals surface area contributed by atoms with Crippen LogP contribution in [0, 0.1) is 0 Å². The molecule has 0 aromatic carbocycles. The zero-order valence-electron chi connectivity index (χ0n) is 14.0. The third-order valence-corrected chi connectivity index (χ3v) is 4.56. The van der Waals surface area contributed by atoms with E-state index in [-0.39, 0.29) is 12.5 Å². The molecule has 0 bridgehead atoms. The van der Waals surface area contributed by atoms with Gasteiger partial charge in [0.25, 0.3) is 5.91 Å². The van der Waals surface area contributed by atoms with E-state index < -0.39 is 5.60 Å². The van der Waals surface area contributed by atoms with Crippen LogP contribution >= 0.6 is 0 Å². The van der Waals surface area contributed by atoms with Crippen LogP contribution in [-0.4, -0.2) is 60.8 Å². The van der Waals surface area contributed by atoms with Crippen LogP contribution in [0.15, 0.2) is 47.2 Å². The van der Waals surface area contributed by atoms with Gasteiger partial charge in [0.1, 0.15) is 23.8 Å². The maximum Gasteiger partial charge on any atom is 0.254 e. The lowest BCUT2D eigenvalue weighted by molar-refractivity contribution is -0.146. The van der Waals surface area contributed by atoms with Crippen molar-refractivity contribution < 1.29 is 18.7 Å². The first-order valence-corrected chi connectivity index (χ1v) is 8.42. The van der Waals surface area contributed by atoms with Crippen molar-refractivity contribution in [2.24, 2.45) is 0 Å². The van der Waals surface area contributed by atoms with E-state index in [4.69, 9.17) is 13.9 Å². The molecule has 2 fully saturated rings. The molecule has 132 valence electrons. The Kier molecular flexibility index (Phi) is 4.52. The predicted molar refractivity (Wildman–Crippen MR) is 90.1 cm³/mol.